The minimum atomic E-state index is -2.65. The van der Waals surface area contributed by atoms with Gasteiger partial charge in [-0.3, -0.25) is 9.59 Å². The van der Waals surface area contributed by atoms with E-state index in [1.54, 1.807) is 0 Å². The highest BCUT2D eigenvalue weighted by atomic mass is 28.4. The van der Waals surface area contributed by atoms with Crippen molar-refractivity contribution in [2.45, 2.75) is 45.2 Å². The average molecular weight is 335 g/mol. The molecule has 1 aliphatic rings. The number of rotatable bonds is 10. The second-order valence-corrected chi connectivity index (χ2v) is 8.99. The molecule has 0 aromatic heterocycles. The van der Waals surface area contributed by atoms with Crippen LogP contribution in [-0.2, 0) is 27.6 Å². The van der Waals surface area contributed by atoms with Crippen molar-refractivity contribution in [1.82, 2.24) is 0 Å². The number of hydrogen-bond acceptors (Lipinski definition) is 6. The molecular formula is C13H26O6Si2. The Bertz CT molecular complexity index is 346. The molecule has 0 spiro atoms. The highest BCUT2D eigenvalue weighted by Crippen LogP contribution is 2.31. The monoisotopic (exact) mass is 334 g/mol. The molecule has 0 bridgehead atoms. The van der Waals surface area contributed by atoms with Gasteiger partial charge in [0.1, 0.15) is 0 Å². The Hall–Kier alpha value is -0.546. The summed E-state index contributed by atoms with van der Waals surface area (Å²) in [6, 6.07) is 0.661. The van der Waals surface area contributed by atoms with E-state index in [9.17, 15) is 9.59 Å². The first-order chi connectivity index (χ1) is 9.99. The Morgan fingerprint density at radius 2 is 1.57 bits per heavy atom. The molecule has 8 heteroatoms. The van der Waals surface area contributed by atoms with E-state index >= 15 is 0 Å². The van der Waals surface area contributed by atoms with E-state index in [1.807, 2.05) is 20.8 Å². The number of esters is 2. The van der Waals surface area contributed by atoms with Crippen LogP contribution in [0.15, 0.2) is 0 Å². The van der Waals surface area contributed by atoms with E-state index in [2.05, 4.69) is 4.74 Å². The Morgan fingerprint density at radius 1 is 1.05 bits per heavy atom. The van der Waals surface area contributed by atoms with Crippen molar-refractivity contribution in [2.24, 2.45) is 5.92 Å². The van der Waals surface area contributed by atoms with Crippen LogP contribution >= 0.6 is 0 Å². The molecule has 0 radical (unpaired) electrons. The summed E-state index contributed by atoms with van der Waals surface area (Å²) in [6.45, 7) is 7.37. The smallest absolute Gasteiger partial charge is 0.393 e. The molecule has 6 nitrogen and oxygen atoms in total. The maximum Gasteiger partial charge on any atom is 0.500 e. The van der Waals surface area contributed by atoms with Gasteiger partial charge in [-0.05, 0) is 33.6 Å². The molecule has 1 heterocycles. The first-order valence-corrected chi connectivity index (χ1v) is 10.8. The molecule has 21 heavy (non-hydrogen) atoms. The minimum absolute atomic E-state index is 0.222. The van der Waals surface area contributed by atoms with Crippen LogP contribution in [0, 0.1) is 5.92 Å². The van der Waals surface area contributed by atoms with Crippen LogP contribution in [0.1, 0.15) is 33.6 Å². The molecular weight excluding hydrogens is 308 g/mol. The standard InChI is InChI=1S/C13H26O6Si2/c1-4-16-21(17-5-2,18-6-3)9-7-8-10-11(20)13(15)19-12(10)14/h10-11H,4-9H2,1-3,20H3. The molecule has 0 amide bonds. The molecule has 0 aromatic rings. The molecule has 1 fully saturated rings. The van der Waals surface area contributed by atoms with E-state index < -0.39 is 8.80 Å². The fraction of sp³-hybridized carbons (Fsp3) is 0.846. The topological polar surface area (TPSA) is 71.1 Å². The predicted octanol–water partition coefficient (Wildman–Crippen LogP) is 0.668. The lowest BCUT2D eigenvalue weighted by molar-refractivity contribution is -0.153. The summed E-state index contributed by atoms with van der Waals surface area (Å²) in [7, 11) is -2.01. The molecule has 0 N–H and O–H groups in total. The van der Waals surface area contributed by atoms with E-state index in [1.165, 1.54) is 0 Å². The van der Waals surface area contributed by atoms with E-state index in [0.29, 0.717) is 42.5 Å². The molecule has 2 unspecified atom stereocenters. The first kappa shape index (κ1) is 18.5. The van der Waals surface area contributed by atoms with Crippen LogP contribution in [0.2, 0.25) is 11.6 Å². The fourth-order valence-electron chi connectivity index (χ4n) is 2.54. The lowest BCUT2D eigenvalue weighted by Crippen LogP contribution is -2.46. The predicted molar refractivity (Wildman–Crippen MR) is 83.0 cm³/mol. The van der Waals surface area contributed by atoms with Crippen molar-refractivity contribution in [3.05, 3.63) is 0 Å². The van der Waals surface area contributed by atoms with Crippen LogP contribution < -0.4 is 0 Å². The van der Waals surface area contributed by atoms with Crippen LogP contribution in [0.25, 0.3) is 0 Å². The first-order valence-electron chi connectivity index (χ1n) is 7.67. The van der Waals surface area contributed by atoms with Crippen molar-refractivity contribution in [2.75, 3.05) is 19.8 Å². The summed E-state index contributed by atoms with van der Waals surface area (Å²) in [4.78, 5) is 23.0. The molecule has 1 aliphatic heterocycles. The maximum absolute atomic E-state index is 11.6. The number of hydrogen-bond donors (Lipinski definition) is 0. The summed E-state index contributed by atoms with van der Waals surface area (Å²) in [6.07, 6.45) is 1.36. The van der Waals surface area contributed by atoms with Gasteiger partial charge in [-0.2, -0.15) is 0 Å². The largest absolute Gasteiger partial charge is 0.500 e. The van der Waals surface area contributed by atoms with Crippen molar-refractivity contribution in [1.29, 1.82) is 0 Å². The molecule has 1 saturated heterocycles. The molecule has 1 rings (SSSR count). The number of cyclic esters (lactones) is 2. The maximum atomic E-state index is 11.6. The van der Waals surface area contributed by atoms with Gasteiger partial charge in [-0.15, -0.1) is 0 Å². The van der Waals surface area contributed by atoms with Crippen molar-refractivity contribution < 1.29 is 27.6 Å². The van der Waals surface area contributed by atoms with Gasteiger partial charge in [-0.25, -0.2) is 0 Å². The second-order valence-electron chi connectivity index (χ2n) is 5.01. The van der Waals surface area contributed by atoms with Crippen LogP contribution in [0.4, 0.5) is 0 Å². The Morgan fingerprint density at radius 3 is 1.95 bits per heavy atom. The fourth-order valence-corrected chi connectivity index (χ4v) is 5.91. The van der Waals surface area contributed by atoms with Gasteiger partial charge in [0.15, 0.2) is 0 Å². The molecule has 122 valence electrons. The number of ether oxygens (including phenoxy) is 1. The number of carbonyl (C=O) groups is 2. The van der Waals surface area contributed by atoms with Gasteiger partial charge >= 0.3 is 20.7 Å². The van der Waals surface area contributed by atoms with Gasteiger partial charge in [0.25, 0.3) is 0 Å². The SMILES string of the molecule is CCO[Si](CCCC1C(=O)OC(=O)C1[SiH3])(OCC)OCC. The summed E-state index contributed by atoms with van der Waals surface area (Å²) in [5.41, 5.74) is -0.222. The van der Waals surface area contributed by atoms with Gasteiger partial charge in [0.2, 0.25) is 0 Å². The zero-order chi connectivity index (χ0) is 15.9. The molecule has 2 atom stereocenters. The lowest BCUT2D eigenvalue weighted by Gasteiger charge is -2.28. The summed E-state index contributed by atoms with van der Waals surface area (Å²) >= 11 is 0. The van der Waals surface area contributed by atoms with Gasteiger partial charge in [0.05, 0.1) is 11.5 Å². The van der Waals surface area contributed by atoms with Crippen LogP contribution in [0.3, 0.4) is 0 Å². The van der Waals surface area contributed by atoms with E-state index in [-0.39, 0.29) is 23.4 Å². The third-order valence-corrected chi connectivity index (χ3v) is 8.00. The third kappa shape index (κ3) is 4.99. The van der Waals surface area contributed by atoms with Crippen molar-refractivity contribution >= 4 is 31.0 Å². The second kappa shape index (κ2) is 8.79. The Kier molecular flexibility index (Phi) is 7.74. The number of carbonyl (C=O) groups excluding carboxylic acids is 2. The highest BCUT2D eigenvalue weighted by Gasteiger charge is 2.43. The van der Waals surface area contributed by atoms with E-state index in [4.69, 9.17) is 13.3 Å². The zero-order valence-corrected chi connectivity index (χ0v) is 16.3. The summed E-state index contributed by atoms with van der Waals surface area (Å²) < 4.78 is 22.0. The Labute approximate surface area is 130 Å². The van der Waals surface area contributed by atoms with Gasteiger partial charge < -0.3 is 18.0 Å². The average Bonchev–Trinajstić information content (AvgIpc) is 2.66. The molecule has 0 aromatic carbocycles. The minimum Gasteiger partial charge on any atom is -0.393 e. The van der Waals surface area contributed by atoms with Gasteiger partial charge in [-0.1, -0.05) is 0 Å². The summed E-state index contributed by atoms with van der Waals surface area (Å²) in [5.74, 6) is -1.03. The van der Waals surface area contributed by atoms with Gasteiger partial charge in [0, 0.05) is 36.1 Å². The quantitative estimate of drug-likeness (QED) is 0.332. The normalized spacial score (nSPS) is 22.8. The molecule has 0 aliphatic carbocycles. The lowest BCUT2D eigenvalue weighted by atomic mass is 10.0. The van der Waals surface area contributed by atoms with Crippen molar-refractivity contribution in [3.63, 3.8) is 0 Å². The van der Waals surface area contributed by atoms with Crippen LogP contribution in [-0.4, -0.2) is 50.8 Å². The van der Waals surface area contributed by atoms with Crippen LogP contribution in [0.5, 0.6) is 0 Å². The molecule has 0 saturated carbocycles. The van der Waals surface area contributed by atoms with E-state index in [0.717, 1.165) is 6.42 Å². The zero-order valence-electron chi connectivity index (χ0n) is 13.3. The van der Waals surface area contributed by atoms with Crippen molar-refractivity contribution in [3.8, 4) is 0 Å². The summed E-state index contributed by atoms with van der Waals surface area (Å²) in [5, 5.41) is 0. The third-order valence-electron chi connectivity index (χ3n) is 3.57. The highest BCUT2D eigenvalue weighted by molar-refractivity contribution is 6.60. The Balaban J connectivity index is 2.56.